The monoisotopic (exact) mass is 630 g/mol. The van der Waals surface area contributed by atoms with Gasteiger partial charge in [-0.1, -0.05) is 32.7 Å². The van der Waals surface area contributed by atoms with Gasteiger partial charge in [-0.15, -0.1) is 0 Å². The number of hydrogen-bond acceptors (Lipinski definition) is 7. The third kappa shape index (κ3) is 6.15. The average molecular weight is 631 g/mol. The maximum atomic E-state index is 12.9. The Morgan fingerprint density at radius 1 is 1.29 bits per heavy atom. The van der Waals surface area contributed by atoms with E-state index in [0.29, 0.717) is 42.9 Å². The molecule has 0 saturated carbocycles. The van der Waals surface area contributed by atoms with E-state index >= 15 is 0 Å². The second-order valence-corrected chi connectivity index (χ2v) is 11.3. The number of carbonyl (C=O) groups is 1. The fourth-order valence-electron chi connectivity index (χ4n) is 4.25. The number of amides is 1. The maximum absolute atomic E-state index is 12.9. The second-order valence-electron chi connectivity index (χ2n) is 8.47. The topological polar surface area (TPSA) is 78.7 Å². The minimum atomic E-state index is -0.249. The van der Waals surface area contributed by atoms with Crippen molar-refractivity contribution in [2.24, 2.45) is 5.92 Å². The molecule has 2 aromatic heterocycles. The minimum absolute atomic E-state index is 0.0207. The van der Waals surface area contributed by atoms with Gasteiger partial charge in [-0.2, -0.15) is 4.98 Å². The zero-order valence-corrected chi connectivity index (χ0v) is 23.5. The van der Waals surface area contributed by atoms with Crippen LogP contribution in [0.15, 0.2) is 36.7 Å². The summed E-state index contributed by atoms with van der Waals surface area (Å²) in [6, 6.07) is 9.50. The Hall–Kier alpha value is -1.76. The molecule has 11 heteroatoms. The molecule has 0 aliphatic carbocycles. The Bertz CT molecular complexity index is 1160. The summed E-state index contributed by atoms with van der Waals surface area (Å²) in [7, 11) is 3.34. The third-order valence-corrected chi connectivity index (χ3v) is 8.12. The number of methoxy groups -OCH3 is 1. The summed E-state index contributed by atoms with van der Waals surface area (Å²) in [5.74, 6) is 2.23. The molecule has 0 bridgehead atoms. The number of hydrogen-bond donors (Lipinski definition) is 0. The van der Waals surface area contributed by atoms with Gasteiger partial charge in [-0.3, -0.25) is 4.79 Å². The largest absolute Gasteiger partial charge is 0.497 e. The van der Waals surface area contributed by atoms with E-state index in [2.05, 4.69) is 31.2 Å². The van der Waals surface area contributed by atoms with Gasteiger partial charge in [-0.05, 0) is 52.7 Å². The third-order valence-electron chi connectivity index (χ3n) is 6.28. The van der Waals surface area contributed by atoms with Crippen LogP contribution in [0, 0.1) is 5.92 Å². The Balaban J connectivity index is 1.47. The zero-order valence-electron chi connectivity index (χ0n) is 19.8. The van der Waals surface area contributed by atoms with Crippen LogP contribution in [0.1, 0.15) is 31.9 Å². The summed E-state index contributed by atoms with van der Waals surface area (Å²) in [5, 5.41) is 0.310. The van der Waals surface area contributed by atoms with Crippen LogP contribution in [0.5, 0.6) is 11.6 Å². The standard InChI is InChI=1S/C24H28ClIN4O4S/c1-15(17-4-6-19(32-3)7-5-17)30-12-18(10-22(30)31)16(2)34-24-23-20(11-21(25)28-24)27-13-29(23)14-33-8-9-35-26/h4-7,11,13,15-16,18H,8-10,12,14H2,1-3H3/t15-,16-,18-/m1/s1. The van der Waals surface area contributed by atoms with E-state index in [-0.39, 0.29) is 24.0 Å². The van der Waals surface area contributed by atoms with Gasteiger partial charge in [-0.25, -0.2) is 4.98 Å². The lowest BCUT2D eigenvalue weighted by Crippen LogP contribution is -2.31. The number of benzene rings is 1. The zero-order chi connectivity index (χ0) is 24.9. The van der Waals surface area contributed by atoms with Crippen LogP contribution in [0.25, 0.3) is 11.0 Å². The van der Waals surface area contributed by atoms with E-state index in [4.69, 9.17) is 25.8 Å². The molecule has 3 atom stereocenters. The lowest BCUT2D eigenvalue weighted by atomic mass is 10.0. The molecule has 1 amide bonds. The highest BCUT2D eigenvalue weighted by Gasteiger charge is 2.37. The number of nitrogens with zero attached hydrogens (tertiary/aromatic N) is 4. The Morgan fingerprint density at radius 2 is 2.06 bits per heavy atom. The highest BCUT2D eigenvalue weighted by Crippen LogP contribution is 2.33. The molecular formula is C24H28ClIN4O4S. The van der Waals surface area contributed by atoms with E-state index in [0.717, 1.165) is 22.6 Å². The number of rotatable bonds is 11. The van der Waals surface area contributed by atoms with Crippen molar-refractivity contribution in [2.75, 3.05) is 26.0 Å². The molecule has 1 saturated heterocycles. The first kappa shape index (κ1) is 26.3. The number of pyridine rings is 1. The first-order valence-electron chi connectivity index (χ1n) is 11.3. The molecule has 1 aliphatic heterocycles. The molecule has 0 N–H and O–H groups in total. The maximum Gasteiger partial charge on any atom is 0.242 e. The summed E-state index contributed by atoms with van der Waals surface area (Å²) >= 11 is 8.50. The van der Waals surface area contributed by atoms with E-state index in [1.807, 2.05) is 47.6 Å². The van der Waals surface area contributed by atoms with E-state index in [1.54, 1.807) is 28.4 Å². The fraction of sp³-hybridized carbons (Fsp3) is 0.458. The fourth-order valence-corrected chi connectivity index (χ4v) is 5.15. The molecule has 3 aromatic rings. The lowest BCUT2D eigenvalue weighted by molar-refractivity contribution is -0.129. The molecule has 35 heavy (non-hydrogen) atoms. The number of halogens is 2. The summed E-state index contributed by atoms with van der Waals surface area (Å²) in [4.78, 5) is 23.7. The van der Waals surface area contributed by atoms with Crippen molar-refractivity contribution in [2.45, 2.75) is 39.1 Å². The Kier molecular flexibility index (Phi) is 9.01. The van der Waals surface area contributed by atoms with Crippen molar-refractivity contribution in [3.8, 4) is 11.6 Å². The van der Waals surface area contributed by atoms with Crippen LogP contribution in [-0.4, -0.2) is 57.5 Å². The van der Waals surface area contributed by atoms with Crippen molar-refractivity contribution in [3.63, 3.8) is 0 Å². The lowest BCUT2D eigenvalue weighted by Gasteiger charge is -2.26. The predicted molar refractivity (Wildman–Crippen MR) is 146 cm³/mol. The van der Waals surface area contributed by atoms with Crippen molar-refractivity contribution < 1.29 is 19.0 Å². The highest BCUT2D eigenvalue weighted by molar-refractivity contribution is 14.2. The molecule has 1 aliphatic rings. The van der Waals surface area contributed by atoms with Crippen LogP contribution in [-0.2, 0) is 16.3 Å². The molecule has 1 aromatic carbocycles. The van der Waals surface area contributed by atoms with Crippen molar-refractivity contribution in [1.82, 2.24) is 19.4 Å². The van der Waals surface area contributed by atoms with Gasteiger partial charge < -0.3 is 23.7 Å². The van der Waals surface area contributed by atoms with Crippen LogP contribution in [0.2, 0.25) is 5.15 Å². The number of imidazole rings is 1. The van der Waals surface area contributed by atoms with E-state index < -0.39 is 0 Å². The number of likely N-dealkylation sites (tertiary alicyclic amines) is 1. The summed E-state index contributed by atoms with van der Waals surface area (Å²) in [5.41, 5.74) is 2.49. The first-order valence-corrected chi connectivity index (χ1v) is 15.2. The molecule has 4 rings (SSSR count). The van der Waals surface area contributed by atoms with E-state index in [9.17, 15) is 4.79 Å². The second kappa shape index (κ2) is 12.0. The summed E-state index contributed by atoms with van der Waals surface area (Å²) < 4.78 is 19.2. The van der Waals surface area contributed by atoms with E-state index in [1.165, 1.54) is 0 Å². The van der Waals surface area contributed by atoms with Gasteiger partial charge in [0.1, 0.15) is 29.3 Å². The molecular weight excluding hydrogens is 603 g/mol. The van der Waals surface area contributed by atoms with Gasteiger partial charge in [0.05, 0.1) is 31.6 Å². The Labute approximate surface area is 226 Å². The SMILES string of the molecule is COc1ccc([C@@H](C)N2C[C@H]([C@@H](C)Oc3nc(Cl)cc4ncn(COCCSI)c34)CC2=O)cc1. The normalized spacial score (nSPS) is 17.7. The molecule has 8 nitrogen and oxygen atoms in total. The quantitative estimate of drug-likeness (QED) is 0.157. The average Bonchev–Trinajstić information content (AvgIpc) is 3.45. The van der Waals surface area contributed by atoms with Gasteiger partial charge in [0.2, 0.25) is 11.8 Å². The molecule has 0 unspecified atom stereocenters. The number of fused-ring (bicyclic) bond motifs is 1. The highest BCUT2D eigenvalue weighted by atomic mass is 127. The molecule has 0 spiro atoms. The Morgan fingerprint density at radius 3 is 2.77 bits per heavy atom. The van der Waals surface area contributed by atoms with Crippen LogP contribution in [0.4, 0.5) is 0 Å². The predicted octanol–water partition coefficient (Wildman–Crippen LogP) is 5.53. The summed E-state index contributed by atoms with van der Waals surface area (Å²) in [6.07, 6.45) is 1.87. The van der Waals surface area contributed by atoms with Gasteiger partial charge >= 0.3 is 0 Å². The van der Waals surface area contributed by atoms with Crippen LogP contribution < -0.4 is 9.47 Å². The van der Waals surface area contributed by atoms with Crippen molar-refractivity contribution >= 4 is 58.7 Å². The first-order chi connectivity index (χ1) is 16.9. The minimum Gasteiger partial charge on any atom is -0.497 e. The number of ether oxygens (including phenoxy) is 3. The van der Waals surface area contributed by atoms with Crippen molar-refractivity contribution in [3.05, 3.63) is 47.4 Å². The number of carbonyl (C=O) groups excluding carboxylic acids is 1. The van der Waals surface area contributed by atoms with Crippen molar-refractivity contribution in [1.29, 1.82) is 0 Å². The molecule has 188 valence electrons. The van der Waals surface area contributed by atoms with Crippen LogP contribution >= 0.6 is 41.7 Å². The smallest absolute Gasteiger partial charge is 0.242 e. The number of aromatic nitrogens is 3. The molecule has 0 radical (unpaired) electrons. The van der Waals surface area contributed by atoms with Crippen LogP contribution in [0.3, 0.4) is 0 Å². The van der Waals surface area contributed by atoms with Gasteiger partial charge in [0.15, 0.2) is 0 Å². The molecule has 1 fully saturated rings. The molecule has 3 heterocycles. The summed E-state index contributed by atoms with van der Waals surface area (Å²) in [6.45, 7) is 5.60. The van der Waals surface area contributed by atoms with Gasteiger partial charge in [0, 0.05) is 30.7 Å². The van der Waals surface area contributed by atoms with Gasteiger partial charge in [0.25, 0.3) is 0 Å².